The van der Waals surface area contributed by atoms with Gasteiger partial charge in [0.15, 0.2) is 5.11 Å². The molecule has 0 spiro atoms. The highest BCUT2D eigenvalue weighted by Crippen LogP contribution is 2.40. The molecule has 3 heterocycles. The predicted molar refractivity (Wildman–Crippen MR) is 143 cm³/mol. The average molecular weight is 531 g/mol. The summed E-state index contributed by atoms with van der Waals surface area (Å²) in [4.78, 5) is 30.2. The van der Waals surface area contributed by atoms with Crippen molar-refractivity contribution in [3.05, 3.63) is 108 Å². The van der Waals surface area contributed by atoms with Gasteiger partial charge in [-0.3, -0.25) is 9.78 Å². The Kier molecular flexibility index (Phi) is 7.14. The van der Waals surface area contributed by atoms with Crippen LogP contribution in [0.15, 0.2) is 89.5 Å². The van der Waals surface area contributed by atoms with Gasteiger partial charge in [-0.25, -0.2) is 9.18 Å². The van der Waals surface area contributed by atoms with Crippen molar-refractivity contribution in [1.82, 2.24) is 15.2 Å². The van der Waals surface area contributed by atoms with Crippen molar-refractivity contribution in [2.75, 3.05) is 11.9 Å². The highest BCUT2D eigenvalue weighted by Gasteiger charge is 2.41. The lowest BCUT2D eigenvalue weighted by atomic mass is 10.0. The summed E-state index contributed by atoms with van der Waals surface area (Å²) in [5.41, 5.74) is 1.77. The van der Waals surface area contributed by atoms with Gasteiger partial charge in [-0.05, 0) is 60.7 Å². The molecule has 1 aliphatic heterocycles. The number of halogens is 1. The number of aromatic carboxylic acids is 1. The normalized spacial score (nSPS) is 16.8. The molecule has 2 atom stereocenters. The first-order valence-corrected chi connectivity index (χ1v) is 12.3. The second-order valence-electron chi connectivity index (χ2n) is 8.68. The zero-order chi connectivity index (χ0) is 26.6. The molecular weight excluding hydrogens is 507 g/mol. The first-order chi connectivity index (χ1) is 18.4. The Bertz CT molecular complexity index is 1480. The number of carboxylic acids is 1. The van der Waals surface area contributed by atoms with Crippen molar-refractivity contribution in [3.63, 3.8) is 0 Å². The molecule has 5 rings (SSSR count). The number of anilines is 1. The molecule has 2 aromatic carbocycles. The maximum absolute atomic E-state index is 14.0. The number of aromatic nitrogens is 1. The van der Waals surface area contributed by atoms with Crippen LogP contribution >= 0.6 is 12.2 Å². The smallest absolute Gasteiger partial charge is 0.335 e. The van der Waals surface area contributed by atoms with Crippen LogP contribution in [0.3, 0.4) is 0 Å². The van der Waals surface area contributed by atoms with Gasteiger partial charge in [0.25, 0.3) is 0 Å². The van der Waals surface area contributed by atoms with Gasteiger partial charge in [0.1, 0.15) is 23.4 Å². The van der Waals surface area contributed by atoms with Crippen molar-refractivity contribution in [1.29, 1.82) is 0 Å². The molecule has 0 radical (unpaired) electrons. The number of hydrogen-bond donors (Lipinski definition) is 3. The minimum absolute atomic E-state index is 0.0613. The van der Waals surface area contributed by atoms with Crippen LogP contribution in [0.5, 0.6) is 0 Å². The quantitative estimate of drug-likeness (QED) is 0.268. The summed E-state index contributed by atoms with van der Waals surface area (Å²) in [6, 6.07) is 20.9. The fourth-order valence-corrected chi connectivity index (χ4v) is 4.73. The summed E-state index contributed by atoms with van der Waals surface area (Å²) >= 11 is 5.63. The predicted octanol–water partition coefficient (Wildman–Crippen LogP) is 5.18. The molecule has 1 fully saturated rings. The number of benzene rings is 2. The third kappa shape index (κ3) is 5.25. The SMILES string of the molecule is O=C(CCN1C(=S)NC(c2ccccn2)C1c1ccc(-c2ccc(C(=O)O)cc2)o1)Nc1ccccc1F. The number of carbonyl (C=O) groups is 2. The fourth-order valence-electron chi connectivity index (χ4n) is 4.40. The molecule has 2 unspecified atom stereocenters. The Balaban J connectivity index is 1.40. The van der Waals surface area contributed by atoms with Gasteiger partial charge < -0.3 is 25.1 Å². The van der Waals surface area contributed by atoms with Gasteiger partial charge in [0, 0.05) is 24.7 Å². The largest absolute Gasteiger partial charge is 0.478 e. The standard InChI is InChI=1S/C28H23FN4O4S/c29-19-5-1-2-6-20(19)31-24(34)14-16-33-26(25(32-28(33)38)21-7-3-4-15-30-21)23-13-12-22(37-23)17-8-10-18(11-9-17)27(35)36/h1-13,15,25-26H,14,16H2,(H,31,34)(H,32,38)(H,35,36). The summed E-state index contributed by atoms with van der Waals surface area (Å²) in [5, 5.41) is 15.5. The minimum atomic E-state index is -1.00. The van der Waals surface area contributed by atoms with Crippen LogP contribution < -0.4 is 10.6 Å². The van der Waals surface area contributed by atoms with Crippen molar-refractivity contribution in [2.45, 2.75) is 18.5 Å². The van der Waals surface area contributed by atoms with Crippen molar-refractivity contribution in [3.8, 4) is 11.3 Å². The lowest BCUT2D eigenvalue weighted by molar-refractivity contribution is -0.116. The number of carbonyl (C=O) groups excluding carboxylic acids is 1. The number of nitrogens with one attached hydrogen (secondary N) is 2. The summed E-state index contributed by atoms with van der Waals surface area (Å²) < 4.78 is 20.2. The molecule has 38 heavy (non-hydrogen) atoms. The van der Waals surface area contributed by atoms with E-state index in [1.54, 1.807) is 30.5 Å². The molecule has 2 aromatic heterocycles. The lowest BCUT2D eigenvalue weighted by Gasteiger charge is -2.25. The second-order valence-corrected chi connectivity index (χ2v) is 9.07. The summed E-state index contributed by atoms with van der Waals surface area (Å²) in [6.45, 7) is 0.253. The first kappa shape index (κ1) is 25.1. The van der Waals surface area contributed by atoms with E-state index in [1.807, 2.05) is 35.2 Å². The monoisotopic (exact) mass is 530 g/mol. The van der Waals surface area contributed by atoms with E-state index in [0.717, 1.165) is 11.3 Å². The lowest BCUT2D eigenvalue weighted by Crippen LogP contribution is -2.32. The number of para-hydroxylation sites is 1. The molecule has 0 aliphatic carbocycles. The van der Waals surface area contributed by atoms with E-state index in [-0.39, 0.29) is 36.2 Å². The molecule has 1 saturated heterocycles. The number of amides is 1. The van der Waals surface area contributed by atoms with Crippen LogP contribution in [-0.2, 0) is 4.79 Å². The van der Waals surface area contributed by atoms with E-state index in [1.165, 1.54) is 24.3 Å². The number of carboxylic acid groups (broad SMARTS) is 1. The third-order valence-corrected chi connectivity index (χ3v) is 6.61. The van der Waals surface area contributed by atoms with Crippen LogP contribution in [-0.4, -0.2) is 38.5 Å². The number of furan rings is 1. The molecule has 10 heteroatoms. The average Bonchev–Trinajstić information content (AvgIpc) is 3.54. The van der Waals surface area contributed by atoms with Crippen LogP contribution in [0.2, 0.25) is 0 Å². The summed E-state index contributed by atoms with van der Waals surface area (Å²) in [5.74, 6) is -0.704. The number of nitrogens with zero attached hydrogens (tertiary/aromatic N) is 2. The van der Waals surface area contributed by atoms with Crippen molar-refractivity contribution in [2.24, 2.45) is 0 Å². The van der Waals surface area contributed by atoms with E-state index < -0.39 is 17.8 Å². The highest BCUT2D eigenvalue weighted by atomic mass is 32.1. The van der Waals surface area contributed by atoms with Gasteiger partial charge in [-0.15, -0.1) is 0 Å². The number of hydrogen-bond acceptors (Lipinski definition) is 5. The maximum atomic E-state index is 14.0. The Morgan fingerprint density at radius 2 is 1.82 bits per heavy atom. The van der Waals surface area contributed by atoms with Gasteiger partial charge in [-0.1, -0.05) is 30.3 Å². The van der Waals surface area contributed by atoms with Crippen LogP contribution in [0.25, 0.3) is 11.3 Å². The Morgan fingerprint density at radius 3 is 2.53 bits per heavy atom. The third-order valence-electron chi connectivity index (χ3n) is 6.26. The topological polar surface area (TPSA) is 108 Å². The van der Waals surface area contributed by atoms with E-state index in [0.29, 0.717) is 16.6 Å². The first-order valence-electron chi connectivity index (χ1n) is 11.9. The van der Waals surface area contributed by atoms with Crippen molar-refractivity contribution < 1.29 is 23.5 Å². The van der Waals surface area contributed by atoms with E-state index in [2.05, 4.69) is 15.6 Å². The minimum Gasteiger partial charge on any atom is -0.478 e. The Morgan fingerprint density at radius 1 is 1.05 bits per heavy atom. The molecule has 3 N–H and O–H groups in total. The number of rotatable bonds is 8. The molecular formula is C28H23FN4O4S. The van der Waals surface area contributed by atoms with Crippen molar-refractivity contribution >= 4 is 34.9 Å². The molecule has 8 nitrogen and oxygen atoms in total. The zero-order valence-electron chi connectivity index (χ0n) is 20.0. The van der Waals surface area contributed by atoms with Crippen LogP contribution in [0, 0.1) is 5.82 Å². The van der Waals surface area contributed by atoms with Gasteiger partial charge in [-0.2, -0.15) is 0 Å². The van der Waals surface area contributed by atoms with E-state index in [9.17, 15) is 19.1 Å². The molecule has 0 saturated carbocycles. The van der Waals surface area contributed by atoms with Gasteiger partial charge in [0.05, 0.1) is 23.0 Å². The van der Waals surface area contributed by atoms with E-state index >= 15 is 0 Å². The van der Waals surface area contributed by atoms with Crippen LogP contribution in [0.1, 0.15) is 40.3 Å². The Hall–Kier alpha value is -4.57. The number of thiocarbonyl (C=S) groups is 1. The van der Waals surface area contributed by atoms with Crippen LogP contribution in [0.4, 0.5) is 10.1 Å². The summed E-state index contributed by atoms with van der Waals surface area (Å²) in [6.07, 6.45) is 1.75. The van der Waals surface area contributed by atoms with E-state index in [4.69, 9.17) is 16.6 Å². The molecule has 0 bridgehead atoms. The Labute approximate surface area is 223 Å². The number of pyridine rings is 1. The molecule has 1 amide bonds. The molecule has 1 aliphatic rings. The molecule has 4 aromatic rings. The fraction of sp³-hybridized carbons (Fsp3) is 0.143. The molecule has 192 valence electrons. The van der Waals surface area contributed by atoms with Gasteiger partial charge >= 0.3 is 5.97 Å². The summed E-state index contributed by atoms with van der Waals surface area (Å²) in [7, 11) is 0. The maximum Gasteiger partial charge on any atom is 0.335 e. The second kappa shape index (κ2) is 10.8. The zero-order valence-corrected chi connectivity index (χ0v) is 20.8. The highest BCUT2D eigenvalue weighted by molar-refractivity contribution is 7.80. The van der Waals surface area contributed by atoms with Gasteiger partial charge in [0.2, 0.25) is 5.91 Å².